The molecule has 0 amide bonds. The highest BCUT2D eigenvalue weighted by molar-refractivity contribution is 5.95. The quantitative estimate of drug-likeness (QED) is 0.572. The predicted molar refractivity (Wildman–Crippen MR) is 67.3 cm³/mol. The van der Waals surface area contributed by atoms with Gasteiger partial charge in [-0.05, 0) is 6.07 Å². The Hall–Kier alpha value is -2.56. The highest BCUT2D eigenvalue weighted by Gasteiger charge is 2.18. The first-order valence-electron chi connectivity index (χ1n) is 5.10. The standard InChI is InChI=1S/C12H9N3O2/c13-9-10(12(17)11(9)16)15-8-5-14-7-4-2-1-3-6(7)8/h1-5,14-15H,13H2. The minimum atomic E-state index is -0.618. The molecule has 0 saturated carbocycles. The Morgan fingerprint density at radius 3 is 2.65 bits per heavy atom. The number of nitrogen functional groups attached to an aromatic ring is 1. The zero-order valence-electron chi connectivity index (χ0n) is 8.78. The highest BCUT2D eigenvalue weighted by atomic mass is 16.2. The maximum atomic E-state index is 11.3. The third kappa shape index (κ3) is 1.25. The lowest BCUT2D eigenvalue weighted by molar-refractivity contribution is 1.39. The number of hydrogen-bond acceptors (Lipinski definition) is 4. The predicted octanol–water partition coefficient (Wildman–Crippen LogP) is 1.09. The number of rotatable bonds is 2. The fourth-order valence-corrected chi connectivity index (χ4v) is 1.84. The van der Waals surface area contributed by atoms with Crippen LogP contribution in [0.1, 0.15) is 0 Å². The van der Waals surface area contributed by atoms with Crippen LogP contribution < -0.4 is 21.9 Å². The Labute approximate surface area is 95.6 Å². The number of aromatic amines is 1. The number of hydrogen-bond donors (Lipinski definition) is 3. The van der Waals surface area contributed by atoms with Crippen molar-refractivity contribution in [3.8, 4) is 0 Å². The van der Waals surface area contributed by atoms with Crippen molar-refractivity contribution < 1.29 is 0 Å². The number of fused-ring (bicyclic) bond motifs is 1. The summed E-state index contributed by atoms with van der Waals surface area (Å²) in [6, 6.07) is 7.64. The molecule has 3 aromatic rings. The second-order valence-electron chi connectivity index (χ2n) is 3.82. The summed E-state index contributed by atoms with van der Waals surface area (Å²) in [5.41, 5.74) is 6.14. The maximum absolute atomic E-state index is 11.3. The Bertz CT molecular complexity index is 778. The molecule has 0 saturated heterocycles. The summed E-state index contributed by atoms with van der Waals surface area (Å²) in [6.07, 6.45) is 1.74. The molecular weight excluding hydrogens is 218 g/mol. The van der Waals surface area contributed by atoms with Crippen LogP contribution in [0, 0.1) is 0 Å². The summed E-state index contributed by atoms with van der Waals surface area (Å²) in [5, 5.41) is 3.83. The van der Waals surface area contributed by atoms with Crippen LogP contribution in [0.15, 0.2) is 40.1 Å². The van der Waals surface area contributed by atoms with Crippen LogP contribution in [0.25, 0.3) is 10.9 Å². The van der Waals surface area contributed by atoms with Crippen LogP contribution in [0.5, 0.6) is 0 Å². The molecular formula is C12H9N3O2. The van der Waals surface area contributed by atoms with Crippen molar-refractivity contribution in [2.75, 3.05) is 11.1 Å². The number of nitrogens with two attached hydrogens (primary N) is 1. The minimum absolute atomic E-state index is 0.000260. The van der Waals surface area contributed by atoms with E-state index in [-0.39, 0.29) is 11.4 Å². The monoisotopic (exact) mass is 227 g/mol. The summed E-state index contributed by atoms with van der Waals surface area (Å²) >= 11 is 0. The van der Waals surface area contributed by atoms with Crippen molar-refractivity contribution >= 4 is 28.0 Å². The minimum Gasteiger partial charge on any atom is -0.394 e. The van der Waals surface area contributed by atoms with Crippen molar-refractivity contribution in [1.82, 2.24) is 4.98 Å². The molecule has 0 unspecified atom stereocenters. The molecule has 0 spiro atoms. The molecule has 84 valence electrons. The van der Waals surface area contributed by atoms with E-state index in [4.69, 9.17) is 5.73 Å². The van der Waals surface area contributed by atoms with Gasteiger partial charge in [0.1, 0.15) is 11.4 Å². The Morgan fingerprint density at radius 1 is 1.12 bits per heavy atom. The van der Waals surface area contributed by atoms with Crippen molar-refractivity contribution in [3.63, 3.8) is 0 Å². The van der Waals surface area contributed by atoms with Gasteiger partial charge in [-0.1, -0.05) is 18.2 Å². The van der Waals surface area contributed by atoms with Crippen LogP contribution in [0.4, 0.5) is 17.1 Å². The summed E-state index contributed by atoms with van der Waals surface area (Å²) < 4.78 is 0. The van der Waals surface area contributed by atoms with E-state index < -0.39 is 10.9 Å². The lowest BCUT2D eigenvalue weighted by Crippen LogP contribution is -2.36. The fourth-order valence-electron chi connectivity index (χ4n) is 1.84. The largest absolute Gasteiger partial charge is 0.394 e. The number of nitrogens with one attached hydrogen (secondary N) is 2. The molecule has 5 nitrogen and oxygen atoms in total. The van der Waals surface area contributed by atoms with Gasteiger partial charge in [0.25, 0.3) is 10.9 Å². The molecule has 0 bridgehead atoms. The smallest absolute Gasteiger partial charge is 0.253 e. The molecule has 4 N–H and O–H groups in total. The summed E-state index contributed by atoms with van der Waals surface area (Å²) in [4.78, 5) is 25.3. The second kappa shape index (κ2) is 3.21. The Morgan fingerprint density at radius 2 is 1.88 bits per heavy atom. The topological polar surface area (TPSA) is 88.0 Å². The number of aromatic nitrogens is 1. The van der Waals surface area contributed by atoms with Crippen LogP contribution >= 0.6 is 0 Å². The van der Waals surface area contributed by atoms with Crippen molar-refractivity contribution in [2.45, 2.75) is 0 Å². The van der Waals surface area contributed by atoms with Crippen molar-refractivity contribution in [1.29, 1.82) is 0 Å². The van der Waals surface area contributed by atoms with Crippen molar-refractivity contribution in [2.24, 2.45) is 0 Å². The third-order valence-electron chi connectivity index (χ3n) is 2.80. The SMILES string of the molecule is Nc1c(Nc2c[nH]c3ccccc23)c(=O)c1=O. The van der Waals surface area contributed by atoms with Crippen molar-refractivity contribution in [3.05, 3.63) is 50.9 Å². The summed E-state index contributed by atoms with van der Waals surface area (Å²) in [5.74, 6) is 0. The lowest BCUT2D eigenvalue weighted by atomic mass is 10.2. The molecule has 0 atom stereocenters. The average molecular weight is 227 g/mol. The van der Waals surface area contributed by atoms with Gasteiger partial charge in [0.05, 0.1) is 5.69 Å². The molecule has 17 heavy (non-hydrogen) atoms. The van der Waals surface area contributed by atoms with Gasteiger partial charge in [-0.15, -0.1) is 0 Å². The first kappa shape index (κ1) is 9.65. The maximum Gasteiger partial charge on any atom is 0.253 e. The number of para-hydroxylation sites is 1. The van der Waals surface area contributed by atoms with Gasteiger partial charge >= 0.3 is 0 Å². The zero-order chi connectivity index (χ0) is 12.0. The van der Waals surface area contributed by atoms with Gasteiger partial charge < -0.3 is 16.0 Å². The Balaban J connectivity index is 2.07. The third-order valence-corrected chi connectivity index (χ3v) is 2.80. The fraction of sp³-hybridized carbons (Fsp3) is 0. The molecule has 1 aromatic heterocycles. The summed E-state index contributed by atoms with van der Waals surface area (Å²) in [6.45, 7) is 0. The lowest BCUT2D eigenvalue weighted by Gasteiger charge is -2.08. The van der Waals surface area contributed by atoms with E-state index in [2.05, 4.69) is 10.3 Å². The van der Waals surface area contributed by atoms with Crippen LogP contribution in [-0.4, -0.2) is 4.98 Å². The average Bonchev–Trinajstić information content (AvgIpc) is 2.78. The highest BCUT2D eigenvalue weighted by Crippen LogP contribution is 2.26. The van der Waals surface area contributed by atoms with Crippen LogP contribution in [0.3, 0.4) is 0 Å². The normalized spacial score (nSPS) is 11.1. The molecule has 0 radical (unpaired) electrons. The van der Waals surface area contributed by atoms with Gasteiger partial charge in [0, 0.05) is 17.1 Å². The number of benzene rings is 1. The molecule has 0 aliphatic heterocycles. The summed E-state index contributed by atoms with van der Waals surface area (Å²) in [7, 11) is 0. The molecule has 0 aliphatic carbocycles. The van der Waals surface area contributed by atoms with E-state index in [1.807, 2.05) is 24.3 Å². The molecule has 5 heteroatoms. The number of anilines is 3. The van der Waals surface area contributed by atoms with Gasteiger partial charge in [0.15, 0.2) is 0 Å². The van der Waals surface area contributed by atoms with E-state index in [0.29, 0.717) is 0 Å². The first-order valence-corrected chi connectivity index (χ1v) is 5.10. The van der Waals surface area contributed by atoms with E-state index >= 15 is 0 Å². The van der Waals surface area contributed by atoms with Gasteiger partial charge in [0.2, 0.25) is 0 Å². The van der Waals surface area contributed by atoms with Crippen LogP contribution in [-0.2, 0) is 0 Å². The number of H-pyrrole nitrogens is 1. The van der Waals surface area contributed by atoms with E-state index in [1.54, 1.807) is 6.20 Å². The van der Waals surface area contributed by atoms with E-state index in [0.717, 1.165) is 16.6 Å². The van der Waals surface area contributed by atoms with Gasteiger partial charge in [-0.2, -0.15) is 0 Å². The molecule has 1 heterocycles. The van der Waals surface area contributed by atoms with E-state index in [9.17, 15) is 9.59 Å². The first-order chi connectivity index (χ1) is 8.18. The van der Waals surface area contributed by atoms with Gasteiger partial charge in [-0.25, -0.2) is 0 Å². The molecule has 3 rings (SSSR count). The van der Waals surface area contributed by atoms with E-state index in [1.165, 1.54) is 0 Å². The molecule has 0 fully saturated rings. The molecule has 0 aliphatic rings. The van der Waals surface area contributed by atoms with Crippen LogP contribution in [0.2, 0.25) is 0 Å². The Kier molecular flexibility index (Phi) is 1.82. The molecule has 2 aromatic carbocycles. The zero-order valence-corrected chi connectivity index (χ0v) is 8.78. The van der Waals surface area contributed by atoms with Gasteiger partial charge in [-0.3, -0.25) is 9.59 Å². The second-order valence-corrected chi connectivity index (χ2v) is 3.82.